The molecule has 0 aliphatic rings. The van der Waals surface area contributed by atoms with E-state index in [0.29, 0.717) is 12.0 Å². The Kier molecular flexibility index (Phi) is 5.02. The molecule has 0 spiro atoms. The largest absolute Gasteiger partial charge is 0.394 e. The zero-order valence-electron chi connectivity index (χ0n) is 11.4. The van der Waals surface area contributed by atoms with Crippen LogP contribution in [-0.4, -0.2) is 28.6 Å². The van der Waals surface area contributed by atoms with Gasteiger partial charge in [0.15, 0.2) is 0 Å². The molecule has 1 unspecified atom stereocenters. The highest BCUT2D eigenvalue weighted by molar-refractivity contribution is 5.92. The summed E-state index contributed by atoms with van der Waals surface area (Å²) in [6.45, 7) is -0.156. The normalized spacial score (nSPS) is 11.4. The van der Waals surface area contributed by atoms with E-state index in [1.807, 2.05) is 36.4 Å². The van der Waals surface area contributed by atoms with Gasteiger partial charge in [0.2, 0.25) is 0 Å². The summed E-state index contributed by atoms with van der Waals surface area (Å²) in [4.78, 5) is 16.0. The lowest BCUT2D eigenvalue weighted by Gasteiger charge is -2.16. The highest BCUT2D eigenvalue weighted by Crippen LogP contribution is 2.04. The predicted octanol–water partition coefficient (Wildman–Crippen LogP) is 1.29. The quantitative estimate of drug-likeness (QED) is 0.864. The fraction of sp³-hybridized carbons (Fsp3) is 0.188. The van der Waals surface area contributed by atoms with Gasteiger partial charge >= 0.3 is 0 Å². The summed E-state index contributed by atoms with van der Waals surface area (Å²) in [7, 11) is 0. The number of nitrogens with zero attached hydrogens (tertiary/aromatic N) is 2. The van der Waals surface area contributed by atoms with E-state index in [9.17, 15) is 9.90 Å². The molecule has 0 radical (unpaired) electrons. The maximum absolute atomic E-state index is 12.0. The van der Waals surface area contributed by atoms with E-state index < -0.39 is 0 Å². The summed E-state index contributed by atoms with van der Waals surface area (Å²) >= 11 is 0. The van der Waals surface area contributed by atoms with Crippen molar-refractivity contribution in [3.63, 3.8) is 0 Å². The highest BCUT2D eigenvalue weighted by Gasteiger charge is 2.14. The molecule has 5 nitrogen and oxygen atoms in total. The van der Waals surface area contributed by atoms with E-state index in [0.717, 1.165) is 5.56 Å². The number of benzene rings is 1. The Labute approximate surface area is 122 Å². The maximum atomic E-state index is 12.0. The summed E-state index contributed by atoms with van der Waals surface area (Å²) in [5.41, 5.74) is 1.65. The highest BCUT2D eigenvalue weighted by atomic mass is 16.3. The number of carbonyl (C=O) groups is 1. The molecule has 21 heavy (non-hydrogen) atoms. The number of amides is 1. The SMILES string of the molecule is N#Cc1ccc(C(=O)NC(CO)Cc2ccccc2)nc1. The third-order valence-corrected chi connectivity index (χ3v) is 3.01. The average molecular weight is 281 g/mol. The van der Waals surface area contributed by atoms with Crippen molar-refractivity contribution in [2.75, 3.05) is 6.61 Å². The number of nitriles is 1. The van der Waals surface area contributed by atoms with Crippen LogP contribution in [0.5, 0.6) is 0 Å². The fourth-order valence-corrected chi connectivity index (χ4v) is 1.91. The van der Waals surface area contributed by atoms with Crippen LogP contribution in [-0.2, 0) is 6.42 Å². The fourth-order valence-electron chi connectivity index (χ4n) is 1.91. The minimum Gasteiger partial charge on any atom is -0.394 e. The first-order valence-corrected chi connectivity index (χ1v) is 6.54. The first-order valence-electron chi connectivity index (χ1n) is 6.54. The molecule has 0 aliphatic carbocycles. The minimum absolute atomic E-state index is 0.156. The Morgan fingerprint density at radius 1 is 1.29 bits per heavy atom. The first-order chi connectivity index (χ1) is 10.2. The maximum Gasteiger partial charge on any atom is 0.270 e. The van der Waals surface area contributed by atoms with Crippen molar-refractivity contribution >= 4 is 5.91 Å². The lowest BCUT2D eigenvalue weighted by atomic mass is 10.1. The molecule has 0 saturated heterocycles. The Bertz CT molecular complexity index is 633. The summed E-state index contributed by atoms with van der Waals surface area (Å²) in [5.74, 6) is -0.366. The van der Waals surface area contributed by atoms with Crippen LogP contribution < -0.4 is 5.32 Å². The Morgan fingerprint density at radius 2 is 2.05 bits per heavy atom. The zero-order chi connectivity index (χ0) is 15.1. The van der Waals surface area contributed by atoms with E-state index in [1.54, 1.807) is 0 Å². The predicted molar refractivity (Wildman–Crippen MR) is 77.4 cm³/mol. The molecule has 106 valence electrons. The van der Waals surface area contributed by atoms with Gasteiger partial charge in [-0.15, -0.1) is 0 Å². The van der Waals surface area contributed by atoms with Crippen molar-refractivity contribution < 1.29 is 9.90 Å². The molecular weight excluding hydrogens is 266 g/mol. The van der Waals surface area contributed by atoms with Gasteiger partial charge in [0, 0.05) is 6.20 Å². The molecule has 0 fully saturated rings. The van der Waals surface area contributed by atoms with E-state index in [-0.39, 0.29) is 24.2 Å². The average Bonchev–Trinajstić information content (AvgIpc) is 2.55. The van der Waals surface area contributed by atoms with Gasteiger partial charge in [0.1, 0.15) is 11.8 Å². The number of pyridine rings is 1. The topological polar surface area (TPSA) is 86.0 Å². The first kappa shape index (κ1) is 14.7. The molecule has 2 aromatic rings. The molecule has 1 aromatic heterocycles. The third kappa shape index (κ3) is 4.13. The molecule has 1 aromatic carbocycles. The number of nitrogens with one attached hydrogen (secondary N) is 1. The van der Waals surface area contributed by atoms with Crippen LogP contribution in [0.15, 0.2) is 48.7 Å². The van der Waals surface area contributed by atoms with Gasteiger partial charge in [0.25, 0.3) is 5.91 Å². The van der Waals surface area contributed by atoms with E-state index >= 15 is 0 Å². The van der Waals surface area contributed by atoms with Crippen LogP contribution in [0.25, 0.3) is 0 Å². The summed E-state index contributed by atoms with van der Waals surface area (Å²) < 4.78 is 0. The number of hydrogen-bond donors (Lipinski definition) is 2. The van der Waals surface area contributed by atoms with Crippen molar-refractivity contribution in [3.8, 4) is 6.07 Å². The van der Waals surface area contributed by atoms with Crippen LogP contribution in [0.1, 0.15) is 21.6 Å². The lowest BCUT2D eigenvalue weighted by molar-refractivity contribution is 0.0911. The van der Waals surface area contributed by atoms with Crippen molar-refractivity contribution in [3.05, 3.63) is 65.5 Å². The second-order valence-electron chi connectivity index (χ2n) is 4.59. The van der Waals surface area contributed by atoms with E-state index in [1.165, 1.54) is 18.3 Å². The van der Waals surface area contributed by atoms with Gasteiger partial charge < -0.3 is 10.4 Å². The van der Waals surface area contributed by atoms with Crippen molar-refractivity contribution in [2.24, 2.45) is 0 Å². The molecule has 5 heteroatoms. The number of carbonyl (C=O) groups excluding carboxylic acids is 1. The van der Waals surface area contributed by atoms with Gasteiger partial charge in [0.05, 0.1) is 18.2 Å². The number of hydrogen-bond acceptors (Lipinski definition) is 4. The molecule has 1 amide bonds. The number of aromatic nitrogens is 1. The molecule has 0 saturated carbocycles. The van der Waals surface area contributed by atoms with Gasteiger partial charge in [-0.1, -0.05) is 30.3 Å². The second-order valence-corrected chi connectivity index (χ2v) is 4.59. The number of aliphatic hydroxyl groups is 1. The van der Waals surface area contributed by atoms with Crippen LogP contribution in [0, 0.1) is 11.3 Å². The second kappa shape index (κ2) is 7.17. The molecule has 1 heterocycles. The van der Waals surface area contributed by atoms with E-state index in [4.69, 9.17) is 5.26 Å². The third-order valence-electron chi connectivity index (χ3n) is 3.01. The van der Waals surface area contributed by atoms with Gasteiger partial charge in [-0.2, -0.15) is 5.26 Å². The van der Waals surface area contributed by atoms with Crippen molar-refractivity contribution in [2.45, 2.75) is 12.5 Å². The summed E-state index contributed by atoms with van der Waals surface area (Å²) in [6.07, 6.45) is 1.89. The summed E-state index contributed by atoms with van der Waals surface area (Å²) in [6, 6.07) is 14.2. The molecule has 0 bridgehead atoms. The lowest BCUT2D eigenvalue weighted by Crippen LogP contribution is -2.39. The molecule has 2 N–H and O–H groups in total. The van der Waals surface area contributed by atoms with Crippen LogP contribution in [0.4, 0.5) is 0 Å². The van der Waals surface area contributed by atoms with E-state index in [2.05, 4.69) is 10.3 Å². The zero-order valence-corrected chi connectivity index (χ0v) is 11.4. The molecular formula is C16H15N3O2. The number of rotatable bonds is 5. The Morgan fingerprint density at radius 3 is 2.62 bits per heavy atom. The molecule has 2 rings (SSSR count). The number of aliphatic hydroxyl groups excluding tert-OH is 1. The Balaban J connectivity index is 2.00. The molecule has 1 atom stereocenters. The van der Waals surface area contributed by atoms with Gasteiger partial charge in [-0.05, 0) is 24.1 Å². The van der Waals surface area contributed by atoms with Gasteiger partial charge in [-0.25, -0.2) is 4.98 Å². The minimum atomic E-state index is -0.377. The van der Waals surface area contributed by atoms with Crippen LogP contribution >= 0.6 is 0 Å². The van der Waals surface area contributed by atoms with Crippen LogP contribution in [0.2, 0.25) is 0 Å². The van der Waals surface area contributed by atoms with Crippen molar-refractivity contribution in [1.29, 1.82) is 5.26 Å². The van der Waals surface area contributed by atoms with Gasteiger partial charge in [-0.3, -0.25) is 4.79 Å². The summed E-state index contributed by atoms with van der Waals surface area (Å²) in [5, 5.41) is 20.8. The standard InChI is InChI=1S/C16H15N3O2/c17-9-13-6-7-15(18-10-13)16(21)19-14(11-20)8-12-4-2-1-3-5-12/h1-7,10,14,20H,8,11H2,(H,19,21). The smallest absolute Gasteiger partial charge is 0.270 e. The van der Waals surface area contributed by atoms with Crippen molar-refractivity contribution in [1.82, 2.24) is 10.3 Å². The molecule has 0 aliphatic heterocycles. The monoisotopic (exact) mass is 281 g/mol. The Hall–Kier alpha value is -2.71. The van der Waals surface area contributed by atoms with Crippen LogP contribution in [0.3, 0.4) is 0 Å².